The number of rotatable bonds is 5. The highest BCUT2D eigenvalue weighted by Crippen LogP contribution is 2.29. The molecule has 2 heterocycles. The van der Waals surface area contributed by atoms with Crippen LogP contribution in [0.1, 0.15) is 26.6 Å². The number of carbonyl (C=O) groups excluding carboxylic acids is 1. The second kappa shape index (κ2) is 8.57. The first kappa shape index (κ1) is 21.5. The molecule has 5 aromatic rings. The first-order chi connectivity index (χ1) is 16.4. The molecule has 0 atom stereocenters. The maximum absolute atomic E-state index is 12.6. The van der Waals surface area contributed by atoms with Crippen molar-refractivity contribution in [2.45, 2.75) is 13.8 Å². The molecule has 5 rings (SSSR count). The van der Waals surface area contributed by atoms with Gasteiger partial charge in [-0.15, -0.1) is 11.3 Å². The molecule has 0 saturated heterocycles. The van der Waals surface area contributed by atoms with Crippen molar-refractivity contribution in [3.8, 4) is 5.69 Å². The van der Waals surface area contributed by atoms with Crippen LogP contribution in [0.15, 0.2) is 77.9 Å². The normalized spacial score (nSPS) is 11.5. The summed E-state index contributed by atoms with van der Waals surface area (Å²) >= 11 is 1.27. The van der Waals surface area contributed by atoms with E-state index in [1.807, 2.05) is 32.0 Å². The van der Waals surface area contributed by atoms with Crippen LogP contribution in [-0.4, -0.2) is 21.6 Å². The van der Waals surface area contributed by atoms with Crippen LogP contribution in [0.4, 0.5) is 5.69 Å². The number of aryl methyl sites for hydroxylation is 1. The summed E-state index contributed by atoms with van der Waals surface area (Å²) in [7, 11) is 0. The van der Waals surface area contributed by atoms with Crippen LogP contribution in [0.5, 0.6) is 0 Å². The number of nitrogens with one attached hydrogen (secondary N) is 1. The number of hydrazone groups is 1. The van der Waals surface area contributed by atoms with Gasteiger partial charge in [0.05, 0.1) is 16.0 Å². The molecule has 0 aliphatic carbocycles. The Morgan fingerprint density at radius 1 is 1.00 bits per heavy atom. The maximum Gasteiger partial charge on any atom is 0.281 e. The molecular weight excluding hydrogens is 448 g/mol. The maximum atomic E-state index is 12.6. The highest BCUT2D eigenvalue weighted by Gasteiger charge is 2.14. The molecule has 1 amide bonds. The first-order valence-electron chi connectivity index (χ1n) is 10.6. The van der Waals surface area contributed by atoms with Crippen molar-refractivity contribution in [1.82, 2.24) is 9.99 Å². The average molecular weight is 469 g/mol. The number of hydrogen-bond acceptors (Lipinski definition) is 5. The van der Waals surface area contributed by atoms with Crippen molar-refractivity contribution >= 4 is 50.0 Å². The van der Waals surface area contributed by atoms with Gasteiger partial charge >= 0.3 is 0 Å². The van der Waals surface area contributed by atoms with Gasteiger partial charge in [-0.1, -0.05) is 30.3 Å². The first-order valence-corrected chi connectivity index (χ1v) is 11.4. The smallest absolute Gasteiger partial charge is 0.281 e. The Kier molecular flexibility index (Phi) is 5.43. The van der Waals surface area contributed by atoms with Gasteiger partial charge in [0.2, 0.25) is 0 Å². The predicted octanol–water partition coefficient (Wildman–Crippen LogP) is 6.13. The molecule has 0 bridgehead atoms. The number of non-ortho nitro benzene ring substituents is 1. The Balaban J connectivity index is 1.36. The number of nitro benzene ring substituents is 1. The molecule has 0 unspecified atom stereocenters. The summed E-state index contributed by atoms with van der Waals surface area (Å²) in [6, 6.07) is 22.8. The molecule has 0 spiro atoms. The predicted molar refractivity (Wildman–Crippen MR) is 136 cm³/mol. The third-order valence-corrected chi connectivity index (χ3v) is 6.88. The number of carbonyl (C=O) groups is 1. The van der Waals surface area contributed by atoms with Crippen molar-refractivity contribution in [2.75, 3.05) is 0 Å². The molecule has 3 aromatic carbocycles. The topological polar surface area (TPSA) is 89.5 Å². The van der Waals surface area contributed by atoms with E-state index in [1.165, 1.54) is 34.2 Å². The Morgan fingerprint density at radius 2 is 1.79 bits per heavy atom. The second-order valence-electron chi connectivity index (χ2n) is 7.98. The summed E-state index contributed by atoms with van der Waals surface area (Å²) in [6.45, 7) is 4.05. The van der Waals surface area contributed by atoms with Gasteiger partial charge in [0.25, 0.3) is 11.6 Å². The number of thiophene rings is 1. The van der Waals surface area contributed by atoms with Crippen molar-refractivity contribution in [1.29, 1.82) is 0 Å². The summed E-state index contributed by atoms with van der Waals surface area (Å²) < 4.78 is 2.97. The van der Waals surface area contributed by atoms with E-state index in [2.05, 4.69) is 45.4 Å². The van der Waals surface area contributed by atoms with Crippen LogP contribution >= 0.6 is 11.3 Å². The summed E-state index contributed by atoms with van der Waals surface area (Å²) in [6.07, 6.45) is 1.63. The molecule has 0 radical (unpaired) electrons. The minimum atomic E-state index is -0.449. The molecule has 34 heavy (non-hydrogen) atoms. The number of nitro groups is 1. The number of hydrogen-bond donors (Lipinski definition) is 1. The van der Waals surface area contributed by atoms with Gasteiger partial charge in [0.15, 0.2) is 0 Å². The van der Waals surface area contributed by atoms with Gasteiger partial charge in [-0.2, -0.15) is 5.10 Å². The number of aromatic nitrogens is 1. The Labute approximate surface area is 199 Å². The number of nitrogens with zero attached hydrogens (tertiary/aromatic N) is 3. The van der Waals surface area contributed by atoms with Crippen LogP contribution < -0.4 is 5.43 Å². The monoisotopic (exact) mass is 468 g/mol. The van der Waals surface area contributed by atoms with Gasteiger partial charge in [-0.25, -0.2) is 5.43 Å². The van der Waals surface area contributed by atoms with E-state index in [4.69, 9.17) is 0 Å². The summed E-state index contributed by atoms with van der Waals surface area (Å²) in [5, 5.41) is 18.1. The lowest BCUT2D eigenvalue weighted by molar-refractivity contribution is -0.384. The summed E-state index contributed by atoms with van der Waals surface area (Å²) in [5.74, 6) is -0.358. The van der Waals surface area contributed by atoms with Gasteiger partial charge < -0.3 is 4.57 Å². The van der Waals surface area contributed by atoms with E-state index in [0.717, 1.165) is 27.3 Å². The van der Waals surface area contributed by atoms with Gasteiger partial charge in [0, 0.05) is 44.9 Å². The van der Waals surface area contributed by atoms with E-state index in [-0.39, 0.29) is 11.6 Å². The lowest BCUT2D eigenvalue weighted by Crippen LogP contribution is -2.16. The van der Waals surface area contributed by atoms with Crippen LogP contribution in [0.3, 0.4) is 0 Å². The number of benzene rings is 3. The van der Waals surface area contributed by atoms with Gasteiger partial charge in [-0.3, -0.25) is 14.9 Å². The summed E-state index contributed by atoms with van der Waals surface area (Å²) in [5.41, 5.74) is 6.60. The molecule has 0 aliphatic rings. The number of amides is 1. The van der Waals surface area contributed by atoms with Crippen molar-refractivity contribution < 1.29 is 9.72 Å². The van der Waals surface area contributed by atoms with E-state index < -0.39 is 4.92 Å². The lowest BCUT2D eigenvalue weighted by Gasteiger charge is -2.11. The molecule has 168 valence electrons. The zero-order valence-electron chi connectivity index (χ0n) is 18.5. The van der Waals surface area contributed by atoms with Crippen LogP contribution in [0.25, 0.3) is 26.5 Å². The molecular formula is C26H20N4O3S. The lowest BCUT2D eigenvalue weighted by atomic mass is 10.1. The van der Waals surface area contributed by atoms with E-state index in [0.29, 0.717) is 10.3 Å². The zero-order chi connectivity index (χ0) is 23.8. The second-order valence-corrected chi connectivity index (χ2v) is 9.07. The highest BCUT2D eigenvalue weighted by atomic mass is 32.1. The third-order valence-electron chi connectivity index (χ3n) is 5.77. The van der Waals surface area contributed by atoms with Crippen molar-refractivity contribution in [3.63, 3.8) is 0 Å². The molecule has 1 N–H and O–H groups in total. The Bertz CT molecular complexity index is 1610. The SMILES string of the molecule is Cc1cc(C=NNC(=O)c2cc3cc([N+](=O)[O-])ccc3s2)c(C)n1-c1ccc2ccccc2c1. The molecule has 7 nitrogen and oxygen atoms in total. The summed E-state index contributed by atoms with van der Waals surface area (Å²) in [4.78, 5) is 23.5. The van der Waals surface area contributed by atoms with E-state index >= 15 is 0 Å². The van der Waals surface area contributed by atoms with E-state index in [1.54, 1.807) is 18.3 Å². The molecule has 0 fully saturated rings. The van der Waals surface area contributed by atoms with Crippen LogP contribution in [0.2, 0.25) is 0 Å². The fraction of sp³-hybridized carbons (Fsp3) is 0.0769. The molecule has 2 aromatic heterocycles. The average Bonchev–Trinajstić information content (AvgIpc) is 3.38. The number of fused-ring (bicyclic) bond motifs is 2. The highest BCUT2D eigenvalue weighted by molar-refractivity contribution is 7.20. The minimum absolute atomic E-state index is 0.00273. The largest absolute Gasteiger partial charge is 0.318 e. The Hall–Kier alpha value is -4.30. The van der Waals surface area contributed by atoms with Crippen LogP contribution in [-0.2, 0) is 0 Å². The van der Waals surface area contributed by atoms with Crippen molar-refractivity contribution in [3.05, 3.63) is 105 Å². The van der Waals surface area contributed by atoms with Gasteiger partial charge in [-0.05, 0) is 55.0 Å². The van der Waals surface area contributed by atoms with E-state index in [9.17, 15) is 14.9 Å². The fourth-order valence-corrected chi connectivity index (χ4v) is 5.04. The van der Waals surface area contributed by atoms with Gasteiger partial charge in [0.1, 0.15) is 0 Å². The molecule has 0 saturated carbocycles. The minimum Gasteiger partial charge on any atom is -0.318 e. The quantitative estimate of drug-likeness (QED) is 0.191. The standard InChI is InChI=1S/C26H20N4O3S/c1-16-11-21(17(2)29(16)22-8-7-18-5-3-4-6-19(18)12-22)15-27-28-26(31)25-14-20-13-23(30(32)33)9-10-24(20)34-25/h3-15H,1-2H3,(H,28,31). The van der Waals surface area contributed by atoms with Crippen LogP contribution in [0, 0.1) is 24.0 Å². The fourth-order valence-electron chi connectivity index (χ4n) is 4.10. The van der Waals surface area contributed by atoms with Crippen molar-refractivity contribution in [2.24, 2.45) is 5.10 Å². The Morgan fingerprint density at radius 3 is 2.59 bits per heavy atom. The molecule has 8 heteroatoms. The third kappa shape index (κ3) is 3.95. The zero-order valence-corrected chi connectivity index (χ0v) is 19.3. The molecule has 0 aliphatic heterocycles.